The summed E-state index contributed by atoms with van der Waals surface area (Å²) in [7, 11) is 0. The normalized spacial score (nSPS) is 11.7. The second kappa shape index (κ2) is 12.1. The van der Waals surface area contributed by atoms with Crippen molar-refractivity contribution in [3.63, 3.8) is 0 Å². The third-order valence-electron chi connectivity index (χ3n) is 10.6. The number of hydrogen-bond acceptors (Lipinski definition) is 3. The van der Waals surface area contributed by atoms with E-state index in [0.717, 1.165) is 49.9 Å². The molecule has 0 saturated carbocycles. The fourth-order valence-electron chi connectivity index (χ4n) is 8.14. The molecule has 0 aliphatic carbocycles. The van der Waals surface area contributed by atoms with Gasteiger partial charge in [0.2, 0.25) is 5.95 Å². The van der Waals surface area contributed by atoms with Gasteiger partial charge >= 0.3 is 0 Å². The Morgan fingerprint density at radius 1 is 0.407 bits per heavy atom. The molecule has 54 heavy (non-hydrogen) atoms. The standard InChI is InChI=1S/C50H31N3O/c1-2-13-32(14-3-1)33-27-29-34(30-28-33)38-22-11-15-35-16-12-23-39(46(35)38)36-17-10-18-37(31-36)47-49-48(42-21-6-9-26-45(42)54-49)52-50(51-47)53-43-24-7-4-19-40(43)41-20-5-8-25-44(41)53/h1-31H. The fourth-order valence-corrected chi connectivity index (χ4v) is 8.14. The first-order chi connectivity index (χ1) is 26.8. The van der Waals surface area contributed by atoms with E-state index in [1.54, 1.807) is 0 Å². The van der Waals surface area contributed by atoms with Crippen molar-refractivity contribution in [1.29, 1.82) is 0 Å². The Bertz CT molecular complexity index is 3150. The zero-order valence-corrected chi connectivity index (χ0v) is 29.1. The van der Waals surface area contributed by atoms with Crippen LogP contribution >= 0.6 is 0 Å². The topological polar surface area (TPSA) is 43.9 Å². The average molecular weight is 690 g/mol. The van der Waals surface area contributed by atoms with Gasteiger partial charge in [0.25, 0.3) is 0 Å². The molecule has 0 saturated heterocycles. The van der Waals surface area contributed by atoms with E-state index in [4.69, 9.17) is 14.4 Å². The summed E-state index contributed by atoms with van der Waals surface area (Å²) < 4.78 is 8.77. The molecule has 0 bridgehead atoms. The highest BCUT2D eigenvalue weighted by Crippen LogP contribution is 2.41. The van der Waals surface area contributed by atoms with Crippen LogP contribution < -0.4 is 0 Å². The van der Waals surface area contributed by atoms with Crippen molar-refractivity contribution >= 4 is 54.6 Å². The van der Waals surface area contributed by atoms with Crippen LogP contribution in [0.2, 0.25) is 0 Å². The van der Waals surface area contributed by atoms with Gasteiger partial charge in [-0.25, -0.2) is 9.97 Å². The molecule has 0 aliphatic rings. The van der Waals surface area contributed by atoms with Crippen LogP contribution in [0.1, 0.15) is 0 Å². The minimum atomic E-state index is 0.609. The van der Waals surface area contributed by atoms with E-state index in [2.05, 4.69) is 174 Å². The van der Waals surface area contributed by atoms with E-state index in [9.17, 15) is 0 Å². The zero-order chi connectivity index (χ0) is 35.6. The molecule has 3 heterocycles. The molecule has 0 radical (unpaired) electrons. The molecule has 3 aromatic heterocycles. The van der Waals surface area contributed by atoms with E-state index in [-0.39, 0.29) is 0 Å². The fraction of sp³-hybridized carbons (Fsp3) is 0. The lowest BCUT2D eigenvalue weighted by molar-refractivity contribution is 0.666. The molecule has 4 heteroatoms. The first-order valence-electron chi connectivity index (χ1n) is 18.2. The maximum Gasteiger partial charge on any atom is 0.236 e. The maximum absolute atomic E-state index is 6.59. The van der Waals surface area contributed by atoms with Crippen LogP contribution in [0.25, 0.3) is 105 Å². The monoisotopic (exact) mass is 689 g/mol. The molecule has 0 fully saturated rings. The number of para-hydroxylation sites is 3. The molecule has 0 unspecified atom stereocenters. The third-order valence-corrected chi connectivity index (χ3v) is 10.6. The van der Waals surface area contributed by atoms with Gasteiger partial charge in [-0.1, -0.05) is 158 Å². The van der Waals surface area contributed by atoms with Gasteiger partial charge in [-0.05, 0) is 74.5 Å². The van der Waals surface area contributed by atoms with Crippen LogP contribution in [0, 0.1) is 0 Å². The number of rotatable bonds is 5. The first kappa shape index (κ1) is 30.3. The highest BCUT2D eigenvalue weighted by atomic mass is 16.3. The molecule has 11 rings (SSSR count). The van der Waals surface area contributed by atoms with Crippen molar-refractivity contribution in [2.75, 3.05) is 0 Å². The third kappa shape index (κ3) is 4.78. The number of nitrogens with zero attached hydrogens (tertiary/aromatic N) is 3. The number of hydrogen-bond donors (Lipinski definition) is 0. The van der Waals surface area contributed by atoms with Crippen molar-refractivity contribution in [1.82, 2.24) is 14.5 Å². The van der Waals surface area contributed by atoms with Crippen molar-refractivity contribution in [3.05, 3.63) is 188 Å². The Labute approximate surface area is 311 Å². The maximum atomic E-state index is 6.59. The lowest BCUT2D eigenvalue weighted by Crippen LogP contribution is -2.02. The largest absolute Gasteiger partial charge is 0.452 e. The van der Waals surface area contributed by atoms with Gasteiger partial charge in [-0.3, -0.25) is 4.57 Å². The highest BCUT2D eigenvalue weighted by molar-refractivity contribution is 6.11. The molecule has 0 N–H and O–H groups in total. The molecule has 0 atom stereocenters. The second-order valence-electron chi connectivity index (χ2n) is 13.8. The van der Waals surface area contributed by atoms with Gasteiger partial charge in [0.1, 0.15) is 16.8 Å². The van der Waals surface area contributed by atoms with Gasteiger partial charge in [0, 0.05) is 21.7 Å². The Balaban J connectivity index is 1.11. The molecular formula is C50H31N3O. The molecule has 0 spiro atoms. The van der Waals surface area contributed by atoms with E-state index in [1.807, 2.05) is 18.2 Å². The lowest BCUT2D eigenvalue weighted by Gasteiger charge is -2.14. The van der Waals surface area contributed by atoms with Gasteiger partial charge in [-0.2, -0.15) is 0 Å². The van der Waals surface area contributed by atoms with E-state index in [0.29, 0.717) is 11.5 Å². The quantitative estimate of drug-likeness (QED) is 0.181. The summed E-state index contributed by atoms with van der Waals surface area (Å²) in [4.78, 5) is 10.6. The van der Waals surface area contributed by atoms with Crippen LogP contribution in [-0.2, 0) is 0 Å². The summed E-state index contributed by atoms with van der Waals surface area (Å²) in [6.07, 6.45) is 0. The van der Waals surface area contributed by atoms with Crippen LogP contribution in [0.3, 0.4) is 0 Å². The first-order valence-corrected chi connectivity index (χ1v) is 18.2. The van der Waals surface area contributed by atoms with Gasteiger partial charge in [0.05, 0.1) is 11.0 Å². The van der Waals surface area contributed by atoms with E-state index < -0.39 is 0 Å². The van der Waals surface area contributed by atoms with E-state index in [1.165, 1.54) is 43.8 Å². The van der Waals surface area contributed by atoms with Crippen LogP contribution in [-0.4, -0.2) is 14.5 Å². The molecule has 11 aromatic rings. The van der Waals surface area contributed by atoms with Crippen molar-refractivity contribution in [2.24, 2.45) is 0 Å². The lowest BCUT2D eigenvalue weighted by atomic mass is 9.90. The summed E-state index contributed by atoms with van der Waals surface area (Å²) >= 11 is 0. The zero-order valence-electron chi connectivity index (χ0n) is 29.1. The van der Waals surface area contributed by atoms with Crippen LogP contribution in [0.5, 0.6) is 0 Å². The second-order valence-corrected chi connectivity index (χ2v) is 13.8. The SMILES string of the molecule is c1ccc(-c2ccc(-c3cccc4cccc(-c5cccc(-c6nc(-n7c8ccccc8c8ccccc87)nc7c6oc6ccccc67)c5)c34)cc2)cc1. The van der Waals surface area contributed by atoms with Crippen LogP contribution in [0.15, 0.2) is 192 Å². The van der Waals surface area contributed by atoms with Gasteiger partial charge in [-0.15, -0.1) is 0 Å². The minimum absolute atomic E-state index is 0.609. The predicted octanol–water partition coefficient (Wildman–Crippen LogP) is 13.3. The van der Waals surface area contributed by atoms with Crippen molar-refractivity contribution in [2.45, 2.75) is 0 Å². The number of fused-ring (bicyclic) bond motifs is 7. The Kier molecular flexibility index (Phi) is 6.82. The summed E-state index contributed by atoms with van der Waals surface area (Å²) in [5.74, 6) is 0.609. The van der Waals surface area contributed by atoms with Crippen molar-refractivity contribution < 1.29 is 4.42 Å². The summed E-state index contributed by atoms with van der Waals surface area (Å²) in [5.41, 5.74) is 13.2. The molecule has 0 aliphatic heterocycles. The van der Waals surface area contributed by atoms with Crippen molar-refractivity contribution in [3.8, 4) is 50.6 Å². The average Bonchev–Trinajstić information content (AvgIpc) is 3.79. The molecule has 252 valence electrons. The molecular weight excluding hydrogens is 659 g/mol. The molecule has 0 amide bonds. The summed E-state index contributed by atoms with van der Waals surface area (Å²) in [6.45, 7) is 0. The number of benzene rings is 8. The Morgan fingerprint density at radius 2 is 0.963 bits per heavy atom. The van der Waals surface area contributed by atoms with Gasteiger partial charge < -0.3 is 4.42 Å². The highest BCUT2D eigenvalue weighted by Gasteiger charge is 2.21. The number of aromatic nitrogens is 3. The van der Waals surface area contributed by atoms with Crippen LogP contribution in [0.4, 0.5) is 0 Å². The van der Waals surface area contributed by atoms with Gasteiger partial charge in [0.15, 0.2) is 5.58 Å². The smallest absolute Gasteiger partial charge is 0.236 e. The Hall–Kier alpha value is -7.30. The summed E-state index contributed by atoms with van der Waals surface area (Å²) in [5, 5.41) is 5.70. The molecule has 4 nitrogen and oxygen atoms in total. The van der Waals surface area contributed by atoms with E-state index >= 15 is 0 Å². The predicted molar refractivity (Wildman–Crippen MR) is 223 cm³/mol. The number of furan rings is 1. The summed E-state index contributed by atoms with van der Waals surface area (Å²) in [6, 6.07) is 66.3. The molecule has 8 aromatic carbocycles. The Morgan fingerprint density at radius 3 is 1.70 bits per heavy atom. The minimum Gasteiger partial charge on any atom is -0.452 e.